The van der Waals surface area contributed by atoms with Crippen LogP contribution >= 0.6 is 0 Å². The van der Waals surface area contributed by atoms with Crippen molar-refractivity contribution in [3.05, 3.63) is 42.0 Å². The summed E-state index contributed by atoms with van der Waals surface area (Å²) in [5, 5.41) is 4.10. The highest BCUT2D eigenvalue weighted by atomic mass is 32.2. The van der Waals surface area contributed by atoms with Crippen LogP contribution in [0.2, 0.25) is 0 Å². The van der Waals surface area contributed by atoms with Gasteiger partial charge >= 0.3 is 6.09 Å². The Hall–Kier alpha value is -3.69. The highest BCUT2D eigenvalue weighted by Crippen LogP contribution is 2.26. The van der Waals surface area contributed by atoms with E-state index in [0.717, 1.165) is 5.71 Å². The van der Waals surface area contributed by atoms with E-state index >= 15 is 0 Å². The minimum absolute atomic E-state index is 0.00137. The second kappa shape index (κ2) is 10.7. The maximum atomic E-state index is 14.9. The van der Waals surface area contributed by atoms with Gasteiger partial charge in [0.05, 0.1) is 24.7 Å². The molecule has 2 aromatic rings. The number of carbonyl (C=O) groups excluding carboxylic acids is 1. The third-order valence-electron chi connectivity index (χ3n) is 5.17. The zero-order valence-electron chi connectivity index (χ0n) is 18.4. The van der Waals surface area contributed by atoms with E-state index in [0.29, 0.717) is 37.7 Å². The molecule has 0 bridgehead atoms. The second-order valence-electron chi connectivity index (χ2n) is 7.85. The number of aliphatic imine (C=N–C) groups is 1. The quantitative estimate of drug-likeness (QED) is 0.211. The first-order valence-corrected chi connectivity index (χ1v) is 11.6. The van der Waals surface area contributed by atoms with Crippen LogP contribution in [0.1, 0.15) is 5.56 Å². The topological polar surface area (TPSA) is 185 Å². The summed E-state index contributed by atoms with van der Waals surface area (Å²) < 4.78 is 41.0. The van der Waals surface area contributed by atoms with E-state index in [4.69, 9.17) is 21.0 Å². The number of carbonyl (C=O) groups is 1. The van der Waals surface area contributed by atoms with Gasteiger partial charge in [-0.1, -0.05) is 23.4 Å². The molecule has 1 amide bonds. The number of nitrogens with two attached hydrogens (primary N) is 2. The van der Waals surface area contributed by atoms with E-state index in [2.05, 4.69) is 20.1 Å². The summed E-state index contributed by atoms with van der Waals surface area (Å²) in [6.45, 7) is 1.69. The molecule has 0 saturated carbocycles. The first-order valence-electron chi connectivity index (χ1n) is 10.4. The van der Waals surface area contributed by atoms with Crippen LogP contribution in [0.5, 0.6) is 0 Å². The van der Waals surface area contributed by atoms with Crippen molar-refractivity contribution in [1.82, 2.24) is 14.9 Å². The van der Waals surface area contributed by atoms with Crippen LogP contribution < -0.4 is 16.4 Å². The average molecular weight is 506 g/mol. The van der Waals surface area contributed by atoms with E-state index in [1.807, 2.05) is 4.90 Å². The molecule has 3 heterocycles. The van der Waals surface area contributed by atoms with Crippen molar-refractivity contribution in [3.63, 3.8) is 0 Å². The molecule has 2 aliphatic rings. The van der Waals surface area contributed by atoms with E-state index in [9.17, 15) is 17.9 Å². The third-order valence-corrected chi connectivity index (χ3v) is 5.75. The Kier molecular flexibility index (Phi) is 7.48. The zero-order chi connectivity index (χ0) is 24.9. The molecule has 0 spiro atoms. The van der Waals surface area contributed by atoms with E-state index in [1.54, 1.807) is 17.0 Å². The maximum Gasteiger partial charge on any atom is 0.437 e. The van der Waals surface area contributed by atoms with Crippen LogP contribution in [-0.4, -0.2) is 79.6 Å². The van der Waals surface area contributed by atoms with Crippen molar-refractivity contribution in [1.29, 1.82) is 0 Å². The number of aromatic nitrogens is 2. The van der Waals surface area contributed by atoms with Gasteiger partial charge in [0, 0.05) is 42.2 Å². The fraction of sp³-hybridized carbons (Fsp3) is 0.350. The molecule has 0 aliphatic carbocycles. The van der Waals surface area contributed by atoms with Gasteiger partial charge in [0.15, 0.2) is 12.1 Å². The lowest BCUT2D eigenvalue weighted by molar-refractivity contribution is -0.0453. The molecule has 4 rings (SSSR count). The fourth-order valence-electron chi connectivity index (χ4n) is 3.40. The molecule has 2 aliphatic heterocycles. The normalized spacial score (nSPS) is 16.6. The Balaban J connectivity index is 1.29. The molecule has 2 fully saturated rings. The summed E-state index contributed by atoms with van der Waals surface area (Å²) in [5.41, 5.74) is 11.9. The molecule has 186 valence electrons. The number of hydrogen-bond acceptors (Lipinski definition) is 10. The summed E-state index contributed by atoms with van der Waals surface area (Å²) in [4.78, 5) is 32.3. The first kappa shape index (κ1) is 24.4. The number of guanidine groups is 1. The van der Waals surface area contributed by atoms with Crippen molar-refractivity contribution in [2.75, 3.05) is 37.0 Å². The number of rotatable bonds is 8. The Labute approximate surface area is 201 Å². The smallest absolute Gasteiger partial charge is 0.437 e. The minimum Gasteiger partial charge on any atom is -0.771 e. The molecule has 2 saturated heterocycles. The lowest BCUT2D eigenvalue weighted by Crippen LogP contribution is -2.53. The van der Waals surface area contributed by atoms with Crippen LogP contribution in [0, 0.1) is 5.82 Å². The maximum absolute atomic E-state index is 14.9. The highest BCUT2D eigenvalue weighted by molar-refractivity contribution is 7.79. The van der Waals surface area contributed by atoms with Crippen molar-refractivity contribution >= 4 is 34.8 Å². The van der Waals surface area contributed by atoms with Gasteiger partial charge in [-0.25, -0.2) is 19.2 Å². The highest BCUT2D eigenvalue weighted by Gasteiger charge is 2.30. The van der Waals surface area contributed by atoms with Crippen LogP contribution in [0.25, 0.3) is 11.1 Å². The molecule has 1 aromatic carbocycles. The average Bonchev–Trinajstić information content (AvgIpc) is 2.75. The number of benzene rings is 1. The molecule has 35 heavy (non-hydrogen) atoms. The van der Waals surface area contributed by atoms with Crippen LogP contribution in [0.3, 0.4) is 0 Å². The van der Waals surface area contributed by atoms with Crippen LogP contribution in [0.4, 0.5) is 15.1 Å². The molecular formula is C20H22FN8O5S-. The second-order valence-corrected chi connectivity index (χ2v) is 8.72. The number of nitrogens with zero attached hydrogens (tertiary/aromatic N) is 6. The van der Waals surface area contributed by atoms with Crippen molar-refractivity contribution in [2.45, 2.75) is 12.7 Å². The molecule has 13 nitrogen and oxygen atoms in total. The summed E-state index contributed by atoms with van der Waals surface area (Å²) in [5.74, 6) is -0.564. The van der Waals surface area contributed by atoms with E-state index < -0.39 is 29.0 Å². The van der Waals surface area contributed by atoms with Gasteiger partial charge in [-0.2, -0.15) is 0 Å². The summed E-state index contributed by atoms with van der Waals surface area (Å²) in [7, 11) is 0. The molecule has 1 atom stereocenters. The predicted molar refractivity (Wildman–Crippen MR) is 123 cm³/mol. The Bertz CT molecular complexity index is 1160. The lowest BCUT2D eigenvalue weighted by atomic mass is 10.1. The van der Waals surface area contributed by atoms with E-state index in [1.165, 1.54) is 18.5 Å². The number of halogens is 1. The predicted octanol–water partition coefficient (Wildman–Crippen LogP) is -0.0939. The van der Waals surface area contributed by atoms with Crippen LogP contribution in [0.15, 0.2) is 40.7 Å². The van der Waals surface area contributed by atoms with Crippen molar-refractivity contribution in [3.8, 4) is 11.1 Å². The largest absolute Gasteiger partial charge is 0.771 e. The standard InChI is InChI=1S/C20H23FN8O5S/c21-17-12(10-33-20(30)26-18(22)23)2-1-3-16(17)13-4-24-19(25-5-13)29-6-14(7-29)27-34-15-8-28(9-15)11-35(31)32/h1-5,15H,6-11H2,(H,31,32)(H4,22,23,26,30)/p-1. The zero-order valence-corrected chi connectivity index (χ0v) is 19.2. The monoisotopic (exact) mass is 505 g/mol. The van der Waals surface area contributed by atoms with E-state index in [-0.39, 0.29) is 29.7 Å². The molecule has 1 unspecified atom stereocenters. The Morgan fingerprint density at radius 1 is 1.26 bits per heavy atom. The van der Waals surface area contributed by atoms with Gasteiger partial charge in [-0.15, -0.1) is 4.99 Å². The van der Waals surface area contributed by atoms with Gasteiger partial charge in [0.2, 0.25) is 5.95 Å². The minimum atomic E-state index is -2.10. The van der Waals surface area contributed by atoms with Gasteiger partial charge in [-0.3, -0.25) is 9.11 Å². The van der Waals surface area contributed by atoms with Gasteiger partial charge in [-0.05, 0) is 11.1 Å². The van der Waals surface area contributed by atoms with Crippen molar-refractivity contribution in [2.24, 2.45) is 21.6 Å². The van der Waals surface area contributed by atoms with Gasteiger partial charge in [0.25, 0.3) is 0 Å². The summed E-state index contributed by atoms with van der Waals surface area (Å²) in [6.07, 6.45) is 1.88. The molecule has 4 N–H and O–H groups in total. The van der Waals surface area contributed by atoms with Crippen molar-refractivity contribution < 1.29 is 27.5 Å². The number of anilines is 1. The number of oxime groups is 1. The number of likely N-dealkylation sites (tertiary alicyclic amines) is 1. The first-order chi connectivity index (χ1) is 16.8. The lowest BCUT2D eigenvalue weighted by Gasteiger charge is -2.38. The third kappa shape index (κ3) is 6.26. The Morgan fingerprint density at radius 3 is 2.63 bits per heavy atom. The number of amides is 1. The van der Waals surface area contributed by atoms with Crippen LogP contribution in [-0.2, 0) is 27.3 Å². The molecular weight excluding hydrogens is 483 g/mol. The number of hydrogen-bond donors (Lipinski definition) is 2. The van der Waals surface area contributed by atoms with Gasteiger partial charge in [0.1, 0.15) is 12.4 Å². The number of ether oxygens (including phenoxy) is 1. The fourth-order valence-corrected chi connectivity index (χ4v) is 3.91. The van der Waals surface area contributed by atoms with Gasteiger partial charge < -0.3 is 30.5 Å². The SMILES string of the molecule is NC(N)=NC(=O)OCc1cccc(-c2cnc(N3CC(=NOC4CN(CS(=O)[O-])C4)C3)nc2)c1F. The molecule has 0 radical (unpaired) electrons. The summed E-state index contributed by atoms with van der Waals surface area (Å²) in [6, 6.07) is 4.67. The molecule has 15 heteroatoms. The Morgan fingerprint density at radius 2 is 1.97 bits per heavy atom. The summed E-state index contributed by atoms with van der Waals surface area (Å²) >= 11 is -2.10. The molecule has 1 aromatic heterocycles.